The number of rotatable bonds is 0. The highest BCUT2D eigenvalue weighted by Gasteiger charge is 2.05. The molecule has 1 rings (SSSR count). The van der Waals surface area contributed by atoms with Gasteiger partial charge < -0.3 is 0 Å². The van der Waals surface area contributed by atoms with Crippen LogP contribution in [0.1, 0.15) is 32.1 Å². The van der Waals surface area contributed by atoms with Gasteiger partial charge in [-0.25, -0.2) is 0 Å². The normalized spacial score (nSPS) is 25.0. The predicted molar refractivity (Wildman–Crippen MR) is 51.1 cm³/mol. The van der Waals surface area contributed by atoms with E-state index in [1.54, 1.807) is 38.0 Å². The van der Waals surface area contributed by atoms with Crippen LogP contribution >= 0.6 is 7.80 Å². The smallest absolute Gasteiger partial charge is 0.124 e. The Hall–Kier alpha value is 0.495. The van der Waals surface area contributed by atoms with Crippen LogP contribution in [0.25, 0.3) is 0 Å². The molecule has 0 atom stereocenters. The molecule has 0 nitrogen and oxygen atoms in total. The second-order valence-corrected chi connectivity index (χ2v) is 4.02. The molecular formula is C7H18BP. The van der Waals surface area contributed by atoms with E-state index >= 15 is 0 Å². The minimum absolute atomic E-state index is 0.398. The Labute approximate surface area is 60.5 Å². The minimum Gasteiger partial charge on any atom is -0.170 e. The van der Waals surface area contributed by atoms with Crippen LogP contribution in [0, 0.1) is 0 Å². The summed E-state index contributed by atoms with van der Waals surface area (Å²) in [7, 11) is 1.19. The first kappa shape index (κ1) is 7.60. The van der Waals surface area contributed by atoms with Crippen molar-refractivity contribution < 1.29 is 0 Å². The quantitative estimate of drug-likeness (QED) is 0.356. The van der Waals surface area contributed by atoms with Crippen molar-refractivity contribution in [3.8, 4) is 0 Å². The molecule has 1 saturated heterocycles. The van der Waals surface area contributed by atoms with Crippen LogP contribution in [-0.4, -0.2) is 19.9 Å². The van der Waals surface area contributed by atoms with E-state index in [0.29, 0.717) is 7.80 Å². The van der Waals surface area contributed by atoms with Crippen molar-refractivity contribution in [1.82, 2.24) is 0 Å². The lowest BCUT2D eigenvalue weighted by atomic mass is 10.2. The maximum absolute atomic E-state index is 1.70. The Morgan fingerprint density at radius 3 is 1.78 bits per heavy atom. The van der Waals surface area contributed by atoms with Gasteiger partial charge in [0.25, 0.3) is 0 Å². The molecule has 0 spiro atoms. The zero-order valence-electron chi connectivity index (χ0n) is 5.45. The summed E-state index contributed by atoms with van der Waals surface area (Å²) in [5.74, 6) is 0. The largest absolute Gasteiger partial charge is 0.170 e. The van der Waals surface area contributed by atoms with Crippen molar-refractivity contribution in [3.63, 3.8) is 0 Å². The molecule has 0 unspecified atom stereocenters. The van der Waals surface area contributed by atoms with E-state index in [0.717, 1.165) is 7.57 Å². The molecule has 0 N–H and O–H groups in total. The van der Waals surface area contributed by atoms with Crippen LogP contribution < -0.4 is 0 Å². The molecule has 1 heterocycles. The van der Waals surface area contributed by atoms with Crippen molar-refractivity contribution >= 4 is 15.4 Å². The highest BCUT2D eigenvalue weighted by molar-refractivity contribution is 7.82. The molecule has 0 aliphatic carbocycles. The first-order valence-electron chi connectivity index (χ1n) is 3.71. The Kier molecular flexibility index (Phi) is 3.66. The summed E-state index contributed by atoms with van der Waals surface area (Å²) < 4.78 is 0. The molecule has 0 aromatic carbocycles. The number of hydrogen-bond acceptors (Lipinski definition) is 0. The Morgan fingerprint density at radius 1 is 0.778 bits per heavy atom. The molecule has 0 radical (unpaired) electrons. The standard InChI is InChI=1S/C7H18BP/c8-9-6-4-2-1-3-5-7-9/h9H,1-7H2,8H3. The average molecular weight is 144 g/mol. The maximum atomic E-state index is 1.70. The molecule has 1 aliphatic rings. The molecule has 54 valence electrons. The fourth-order valence-corrected chi connectivity index (χ4v) is 2.41. The molecule has 9 heavy (non-hydrogen) atoms. The van der Waals surface area contributed by atoms with Crippen LogP contribution in [0.4, 0.5) is 0 Å². The van der Waals surface area contributed by atoms with Crippen molar-refractivity contribution in [2.45, 2.75) is 32.1 Å². The zero-order chi connectivity index (χ0) is 6.53. The first-order valence-corrected chi connectivity index (χ1v) is 5.12. The van der Waals surface area contributed by atoms with Gasteiger partial charge in [-0.15, -0.1) is 0 Å². The number of hydrogen-bond donors (Lipinski definition) is 0. The van der Waals surface area contributed by atoms with Gasteiger partial charge in [-0.05, 0) is 12.8 Å². The fraction of sp³-hybridized carbons (Fsp3) is 1.00. The summed E-state index contributed by atoms with van der Waals surface area (Å²) in [5.41, 5.74) is 0. The first-order chi connectivity index (χ1) is 4.39. The van der Waals surface area contributed by atoms with Crippen molar-refractivity contribution in [3.05, 3.63) is 0 Å². The van der Waals surface area contributed by atoms with Crippen molar-refractivity contribution in [2.24, 2.45) is 0 Å². The van der Waals surface area contributed by atoms with Gasteiger partial charge in [-0.2, -0.15) is 7.80 Å². The second kappa shape index (κ2) is 4.33. The highest BCUT2D eigenvalue weighted by Crippen LogP contribution is 2.33. The van der Waals surface area contributed by atoms with Crippen LogP contribution in [0.3, 0.4) is 0 Å². The summed E-state index contributed by atoms with van der Waals surface area (Å²) in [6.45, 7) is 0. The van der Waals surface area contributed by atoms with E-state index in [1.807, 2.05) is 0 Å². The molecule has 1 fully saturated rings. The van der Waals surface area contributed by atoms with Crippen LogP contribution in [-0.2, 0) is 0 Å². The molecule has 0 bridgehead atoms. The lowest BCUT2D eigenvalue weighted by molar-refractivity contribution is 0.650. The van der Waals surface area contributed by atoms with Crippen molar-refractivity contribution in [2.75, 3.05) is 12.3 Å². The topological polar surface area (TPSA) is 0 Å². The molecule has 0 aromatic heterocycles. The maximum Gasteiger partial charge on any atom is 0.124 e. The van der Waals surface area contributed by atoms with E-state index in [4.69, 9.17) is 0 Å². The molecule has 0 amide bonds. The van der Waals surface area contributed by atoms with Crippen LogP contribution in [0.2, 0.25) is 0 Å². The Balaban J connectivity index is 2.12. The van der Waals surface area contributed by atoms with Crippen LogP contribution in [0.5, 0.6) is 0 Å². The monoisotopic (exact) mass is 144 g/mol. The lowest BCUT2D eigenvalue weighted by Crippen LogP contribution is -1.95. The summed E-state index contributed by atoms with van der Waals surface area (Å²) in [4.78, 5) is 0. The van der Waals surface area contributed by atoms with E-state index in [2.05, 4.69) is 0 Å². The molecule has 0 aromatic rings. The van der Waals surface area contributed by atoms with Crippen molar-refractivity contribution in [1.29, 1.82) is 0 Å². The van der Waals surface area contributed by atoms with Crippen LogP contribution in [0.15, 0.2) is 0 Å². The predicted octanol–water partition coefficient (Wildman–Crippen LogP) is 1.45. The average Bonchev–Trinajstić information content (AvgIpc) is 1.79. The van der Waals surface area contributed by atoms with Gasteiger partial charge in [-0.1, -0.05) is 19.3 Å². The van der Waals surface area contributed by atoms with Gasteiger partial charge in [0, 0.05) is 12.3 Å². The second-order valence-electron chi connectivity index (χ2n) is 2.52. The third-order valence-electron chi connectivity index (χ3n) is 1.71. The van der Waals surface area contributed by atoms with E-state index in [9.17, 15) is 0 Å². The van der Waals surface area contributed by atoms with Gasteiger partial charge in [0.05, 0.1) is 0 Å². The molecule has 2 heteroatoms. The Bertz CT molecular complexity index is 67.3. The lowest BCUT2D eigenvalue weighted by Gasteiger charge is -2.13. The minimum atomic E-state index is 0.398. The molecule has 1 aliphatic heterocycles. The zero-order valence-corrected chi connectivity index (χ0v) is 6.45. The summed E-state index contributed by atoms with van der Waals surface area (Å²) >= 11 is 0. The Morgan fingerprint density at radius 2 is 1.22 bits per heavy atom. The summed E-state index contributed by atoms with van der Waals surface area (Å²) in [5, 5.41) is 0. The van der Waals surface area contributed by atoms with E-state index in [1.165, 1.54) is 6.42 Å². The molecular weight excluding hydrogens is 126 g/mol. The highest BCUT2D eigenvalue weighted by atomic mass is 31.1. The summed E-state index contributed by atoms with van der Waals surface area (Å²) in [6, 6.07) is 0. The third kappa shape index (κ3) is 3.25. The van der Waals surface area contributed by atoms with Gasteiger partial charge in [0.2, 0.25) is 0 Å². The van der Waals surface area contributed by atoms with Gasteiger partial charge in [0.15, 0.2) is 0 Å². The van der Waals surface area contributed by atoms with Gasteiger partial charge in [-0.3, -0.25) is 0 Å². The van der Waals surface area contributed by atoms with Gasteiger partial charge >= 0.3 is 0 Å². The SMILES string of the molecule is [BH3-][PH+]1CCCCCCC1. The van der Waals surface area contributed by atoms with Gasteiger partial charge in [0.1, 0.15) is 7.57 Å². The molecule has 0 saturated carbocycles. The van der Waals surface area contributed by atoms with E-state index < -0.39 is 0 Å². The van der Waals surface area contributed by atoms with E-state index in [-0.39, 0.29) is 0 Å². The summed E-state index contributed by atoms with van der Waals surface area (Å²) in [6.07, 6.45) is 11.2. The third-order valence-corrected chi connectivity index (χ3v) is 3.12. The fourth-order valence-electron chi connectivity index (χ4n) is 1.16.